The topological polar surface area (TPSA) is 91.2 Å². The van der Waals surface area contributed by atoms with Crippen LogP contribution >= 0.6 is 0 Å². The fraction of sp³-hybridized carbons (Fsp3) is 0.444. The second-order valence-electron chi connectivity index (χ2n) is 9.63. The first-order valence-electron chi connectivity index (χ1n) is 11.8. The average molecular weight is 502 g/mol. The van der Waals surface area contributed by atoms with Gasteiger partial charge in [-0.2, -0.15) is 18.4 Å². The van der Waals surface area contributed by atoms with E-state index in [9.17, 15) is 28.0 Å². The van der Waals surface area contributed by atoms with Gasteiger partial charge in [-0.1, -0.05) is 31.4 Å². The Balaban J connectivity index is 1.82. The molecular weight excluding hydrogens is 471 g/mol. The minimum Gasteiger partial charge on any atom is -0.496 e. The monoisotopic (exact) mass is 501 g/mol. The molecule has 0 aromatic heterocycles. The number of carbonyl (C=O) groups excluding carboxylic acids is 2. The Bertz CT molecular complexity index is 1160. The summed E-state index contributed by atoms with van der Waals surface area (Å²) in [6.45, 7) is 3.34. The van der Waals surface area contributed by atoms with E-state index in [-0.39, 0.29) is 12.1 Å². The maximum Gasteiger partial charge on any atom is 0.416 e. The molecule has 0 unspecified atom stereocenters. The number of ether oxygens (including phenoxy) is 1. The fourth-order valence-electron chi connectivity index (χ4n) is 4.46. The van der Waals surface area contributed by atoms with E-state index in [1.54, 1.807) is 32.0 Å². The molecule has 0 aliphatic heterocycles. The Morgan fingerprint density at radius 2 is 1.78 bits per heavy atom. The van der Waals surface area contributed by atoms with Crippen molar-refractivity contribution in [2.45, 2.75) is 69.6 Å². The number of benzene rings is 2. The Labute approximate surface area is 208 Å². The highest BCUT2D eigenvalue weighted by Crippen LogP contribution is 2.34. The van der Waals surface area contributed by atoms with E-state index in [2.05, 4.69) is 16.7 Å². The molecule has 0 spiro atoms. The number of amides is 2. The van der Waals surface area contributed by atoms with Gasteiger partial charge in [-0.3, -0.25) is 9.59 Å². The zero-order valence-electron chi connectivity index (χ0n) is 20.6. The highest BCUT2D eigenvalue weighted by Gasteiger charge is 2.41. The number of hydrogen-bond donors (Lipinski definition) is 2. The lowest BCUT2D eigenvalue weighted by Gasteiger charge is -2.36. The van der Waals surface area contributed by atoms with Crippen molar-refractivity contribution in [2.24, 2.45) is 0 Å². The number of nitrogens with one attached hydrogen (secondary N) is 2. The highest BCUT2D eigenvalue weighted by atomic mass is 19.4. The van der Waals surface area contributed by atoms with Crippen LogP contribution in [0.4, 0.5) is 13.2 Å². The molecule has 0 bridgehead atoms. The van der Waals surface area contributed by atoms with Crippen molar-refractivity contribution in [3.8, 4) is 11.8 Å². The number of carbonyl (C=O) groups is 2. The first kappa shape index (κ1) is 27.1. The van der Waals surface area contributed by atoms with Crippen LogP contribution in [0, 0.1) is 11.3 Å². The van der Waals surface area contributed by atoms with Crippen molar-refractivity contribution < 1.29 is 27.5 Å². The van der Waals surface area contributed by atoms with Crippen LogP contribution in [-0.4, -0.2) is 24.5 Å². The Morgan fingerprint density at radius 3 is 2.39 bits per heavy atom. The van der Waals surface area contributed by atoms with Gasteiger partial charge in [0.2, 0.25) is 5.91 Å². The Hall–Kier alpha value is -3.54. The van der Waals surface area contributed by atoms with Gasteiger partial charge in [0.25, 0.3) is 5.91 Å². The van der Waals surface area contributed by atoms with Crippen LogP contribution in [-0.2, 0) is 22.9 Å². The number of nitrogens with zero attached hydrogens (tertiary/aromatic N) is 1. The summed E-state index contributed by atoms with van der Waals surface area (Å²) in [5, 5.41) is 15.2. The molecule has 9 heteroatoms. The van der Waals surface area contributed by atoms with Gasteiger partial charge in [-0.25, -0.2) is 0 Å². The first-order valence-corrected chi connectivity index (χ1v) is 11.8. The molecule has 2 amide bonds. The summed E-state index contributed by atoms with van der Waals surface area (Å²) in [5.74, 6) is -0.424. The molecule has 1 aliphatic rings. The lowest BCUT2D eigenvalue weighted by molar-refractivity contribution is -0.137. The smallest absolute Gasteiger partial charge is 0.416 e. The quantitative estimate of drug-likeness (QED) is 0.541. The van der Waals surface area contributed by atoms with Crippen molar-refractivity contribution in [2.75, 3.05) is 7.11 Å². The molecular formula is C27H30F3N3O3. The number of methoxy groups -OCH3 is 1. The van der Waals surface area contributed by atoms with Gasteiger partial charge in [-0.05, 0) is 62.6 Å². The third-order valence-electron chi connectivity index (χ3n) is 6.62. The number of nitriles is 1. The molecule has 1 fully saturated rings. The molecule has 0 heterocycles. The zero-order valence-corrected chi connectivity index (χ0v) is 20.6. The zero-order chi connectivity index (χ0) is 26.6. The van der Waals surface area contributed by atoms with Gasteiger partial charge in [0.05, 0.1) is 24.2 Å². The lowest BCUT2D eigenvalue weighted by Crippen LogP contribution is -2.59. The molecule has 3 rings (SSSR count). The van der Waals surface area contributed by atoms with Crippen molar-refractivity contribution in [3.63, 3.8) is 0 Å². The van der Waals surface area contributed by atoms with Crippen LogP contribution in [0.5, 0.6) is 5.75 Å². The summed E-state index contributed by atoms with van der Waals surface area (Å²) in [5.41, 5.74) is -1.73. The van der Waals surface area contributed by atoms with Crippen molar-refractivity contribution >= 4 is 11.8 Å². The van der Waals surface area contributed by atoms with Crippen LogP contribution in [0.3, 0.4) is 0 Å². The van der Waals surface area contributed by atoms with Gasteiger partial charge in [-0.15, -0.1) is 0 Å². The van der Waals surface area contributed by atoms with Crippen LogP contribution in [0.1, 0.15) is 73.0 Å². The van der Waals surface area contributed by atoms with Gasteiger partial charge in [0, 0.05) is 17.7 Å². The van der Waals surface area contributed by atoms with E-state index in [0.29, 0.717) is 29.7 Å². The van der Waals surface area contributed by atoms with E-state index >= 15 is 0 Å². The Morgan fingerprint density at radius 1 is 1.08 bits per heavy atom. The molecule has 0 atom stereocenters. The van der Waals surface area contributed by atoms with E-state index < -0.39 is 34.5 Å². The maximum absolute atomic E-state index is 13.3. The maximum atomic E-state index is 13.3. The minimum absolute atomic E-state index is 0.0938. The Kier molecular flexibility index (Phi) is 7.97. The van der Waals surface area contributed by atoms with E-state index in [4.69, 9.17) is 4.74 Å². The van der Waals surface area contributed by atoms with Gasteiger partial charge in [0.15, 0.2) is 0 Å². The standard InChI is InChI=1S/C27H30F3N3O3/c1-25(2,17-31)21-15-19(10-11-22(21)36-3)23(34)33-26(12-5-4-6-13-26)24(35)32-16-18-8-7-9-20(14-18)27(28,29)30/h7-11,14-15H,4-6,12-13,16H2,1-3H3,(H,32,35)(H,33,34). The van der Waals surface area contributed by atoms with Crippen LogP contribution in [0.15, 0.2) is 42.5 Å². The third-order valence-corrected chi connectivity index (χ3v) is 6.62. The summed E-state index contributed by atoms with van der Waals surface area (Å²) in [7, 11) is 1.48. The predicted octanol–water partition coefficient (Wildman–Crippen LogP) is 5.26. The molecule has 2 aromatic carbocycles. The lowest BCUT2D eigenvalue weighted by atomic mass is 9.80. The van der Waals surface area contributed by atoms with E-state index in [1.807, 2.05) is 0 Å². The molecule has 2 N–H and O–H groups in total. The summed E-state index contributed by atoms with van der Waals surface area (Å²) < 4.78 is 44.5. The largest absolute Gasteiger partial charge is 0.496 e. The van der Waals surface area contributed by atoms with Gasteiger partial charge < -0.3 is 15.4 Å². The summed E-state index contributed by atoms with van der Waals surface area (Å²) in [6, 6.07) is 11.8. The number of hydrogen-bond acceptors (Lipinski definition) is 4. The number of alkyl halides is 3. The predicted molar refractivity (Wildman–Crippen MR) is 128 cm³/mol. The molecule has 192 valence electrons. The summed E-state index contributed by atoms with van der Waals surface area (Å²) >= 11 is 0. The normalized spacial score (nSPS) is 15.5. The highest BCUT2D eigenvalue weighted by molar-refractivity contribution is 5.99. The fourth-order valence-corrected chi connectivity index (χ4v) is 4.46. The van der Waals surface area contributed by atoms with Crippen LogP contribution in [0.25, 0.3) is 0 Å². The molecule has 2 aromatic rings. The molecule has 0 saturated heterocycles. The molecule has 36 heavy (non-hydrogen) atoms. The average Bonchev–Trinajstić information content (AvgIpc) is 2.87. The second-order valence-corrected chi connectivity index (χ2v) is 9.63. The summed E-state index contributed by atoms with van der Waals surface area (Å²) in [6.07, 6.45) is -1.27. The minimum atomic E-state index is -4.48. The molecule has 6 nitrogen and oxygen atoms in total. The first-order chi connectivity index (χ1) is 16.9. The molecule has 1 saturated carbocycles. The van der Waals surface area contributed by atoms with E-state index in [0.717, 1.165) is 31.4 Å². The summed E-state index contributed by atoms with van der Waals surface area (Å²) in [4.78, 5) is 26.6. The van der Waals surface area contributed by atoms with Crippen molar-refractivity contribution in [3.05, 3.63) is 64.7 Å². The second kappa shape index (κ2) is 10.6. The number of rotatable bonds is 7. The molecule has 0 radical (unpaired) electrons. The SMILES string of the molecule is COc1ccc(C(=O)NC2(C(=O)NCc3cccc(C(F)(F)F)c3)CCCCC2)cc1C(C)(C)C#N. The van der Waals surface area contributed by atoms with Crippen LogP contribution in [0.2, 0.25) is 0 Å². The van der Waals surface area contributed by atoms with Crippen LogP contribution < -0.4 is 15.4 Å². The molecule has 1 aliphatic carbocycles. The van der Waals surface area contributed by atoms with Gasteiger partial charge in [0.1, 0.15) is 11.3 Å². The number of halogens is 3. The van der Waals surface area contributed by atoms with E-state index in [1.165, 1.54) is 19.2 Å². The van der Waals surface area contributed by atoms with Crippen molar-refractivity contribution in [1.82, 2.24) is 10.6 Å². The van der Waals surface area contributed by atoms with Gasteiger partial charge >= 0.3 is 6.18 Å². The third kappa shape index (κ3) is 5.99. The van der Waals surface area contributed by atoms with Crippen molar-refractivity contribution in [1.29, 1.82) is 5.26 Å².